The highest BCUT2D eigenvalue weighted by molar-refractivity contribution is 6.35. The predicted molar refractivity (Wildman–Crippen MR) is 118 cm³/mol. The summed E-state index contributed by atoms with van der Waals surface area (Å²) in [4.78, 5) is 28.5. The number of rotatable bonds is 7. The summed E-state index contributed by atoms with van der Waals surface area (Å²) in [7, 11) is 0. The maximum atomic E-state index is 12.7. The van der Waals surface area contributed by atoms with Gasteiger partial charge in [-0.3, -0.25) is 9.78 Å². The Balaban J connectivity index is 1.84. The van der Waals surface area contributed by atoms with Crippen molar-refractivity contribution in [3.05, 3.63) is 87.2 Å². The van der Waals surface area contributed by atoms with Crippen LogP contribution in [0.5, 0.6) is 0 Å². The number of nitrogens with zero attached hydrogens (tertiary/aromatic N) is 1. The molecule has 30 heavy (non-hydrogen) atoms. The van der Waals surface area contributed by atoms with E-state index < -0.39 is 12.0 Å². The van der Waals surface area contributed by atoms with Crippen LogP contribution in [0.1, 0.15) is 27.2 Å². The van der Waals surface area contributed by atoms with Gasteiger partial charge in [-0.2, -0.15) is 0 Å². The Kier molecular flexibility index (Phi) is 6.87. The van der Waals surface area contributed by atoms with Crippen molar-refractivity contribution in [2.45, 2.75) is 25.8 Å². The van der Waals surface area contributed by atoms with Gasteiger partial charge in [-0.15, -0.1) is 0 Å². The number of Topliss-reactive ketones (excluding diaryl/α,β-unsaturated/α-hetero) is 1. The number of carbonyl (C=O) groups is 2. The number of ketones is 1. The molecule has 154 valence electrons. The smallest absolute Gasteiger partial charge is 0.335 e. The van der Waals surface area contributed by atoms with Crippen LogP contribution >= 0.6 is 23.2 Å². The van der Waals surface area contributed by atoms with E-state index in [0.717, 1.165) is 16.8 Å². The van der Waals surface area contributed by atoms with Crippen LogP contribution in [0.3, 0.4) is 0 Å². The number of hydrogen-bond acceptors (Lipinski definition) is 4. The predicted octanol–water partition coefficient (Wildman–Crippen LogP) is 4.74. The van der Waals surface area contributed by atoms with Crippen LogP contribution in [0.4, 0.5) is 0 Å². The number of carboxylic acid groups (broad SMARTS) is 1. The quantitative estimate of drug-likeness (QED) is 0.550. The van der Waals surface area contributed by atoms with Crippen molar-refractivity contribution in [2.75, 3.05) is 0 Å². The molecule has 3 N–H and O–H groups in total. The summed E-state index contributed by atoms with van der Waals surface area (Å²) in [5.74, 6) is -1.27. The molecule has 0 radical (unpaired) electrons. The average Bonchev–Trinajstić information content (AvgIpc) is 2.69. The third-order valence-electron chi connectivity index (χ3n) is 4.72. The van der Waals surface area contributed by atoms with Gasteiger partial charge in [0.15, 0.2) is 5.78 Å². The molecule has 0 bridgehead atoms. The molecule has 5 nitrogen and oxygen atoms in total. The molecule has 7 heteroatoms. The summed E-state index contributed by atoms with van der Waals surface area (Å²) >= 11 is 12.1. The topological polar surface area (TPSA) is 93.3 Å². The summed E-state index contributed by atoms with van der Waals surface area (Å²) in [5.41, 5.74) is 9.88. The molecule has 0 saturated heterocycles. The van der Waals surface area contributed by atoms with Gasteiger partial charge in [-0.25, -0.2) is 4.79 Å². The number of nitrogens with two attached hydrogens (primary N) is 1. The van der Waals surface area contributed by atoms with Crippen LogP contribution in [0.15, 0.2) is 54.7 Å². The lowest BCUT2D eigenvalue weighted by Crippen LogP contribution is -2.34. The lowest BCUT2D eigenvalue weighted by molar-refractivity contribution is -0.119. The van der Waals surface area contributed by atoms with E-state index in [1.165, 1.54) is 6.07 Å². The van der Waals surface area contributed by atoms with Gasteiger partial charge in [0.1, 0.15) is 0 Å². The Morgan fingerprint density at radius 2 is 1.83 bits per heavy atom. The highest BCUT2D eigenvalue weighted by Crippen LogP contribution is 2.25. The third-order valence-corrected chi connectivity index (χ3v) is 5.30. The molecular formula is C23H20Cl2N2O3. The van der Waals surface area contributed by atoms with Crippen molar-refractivity contribution < 1.29 is 14.7 Å². The number of aromatic carboxylic acids is 1. The maximum Gasteiger partial charge on any atom is 0.335 e. The van der Waals surface area contributed by atoms with E-state index in [4.69, 9.17) is 28.9 Å². The maximum absolute atomic E-state index is 12.7. The first kappa shape index (κ1) is 22.0. The zero-order valence-electron chi connectivity index (χ0n) is 16.2. The minimum absolute atomic E-state index is 0.0184. The summed E-state index contributed by atoms with van der Waals surface area (Å²) in [5, 5.41) is 10.4. The molecule has 0 unspecified atom stereocenters. The molecule has 1 aromatic heterocycles. The zero-order valence-corrected chi connectivity index (χ0v) is 17.7. The molecule has 1 atom stereocenters. The van der Waals surface area contributed by atoms with E-state index in [1.54, 1.807) is 42.6 Å². The van der Waals surface area contributed by atoms with E-state index in [-0.39, 0.29) is 24.2 Å². The first-order chi connectivity index (χ1) is 14.2. The minimum Gasteiger partial charge on any atom is -0.478 e. The van der Waals surface area contributed by atoms with Crippen LogP contribution in [0.2, 0.25) is 10.0 Å². The van der Waals surface area contributed by atoms with Gasteiger partial charge in [-0.05, 0) is 72.0 Å². The fraction of sp³-hybridized carbons (Fsp3) is 0.174. The highest BCUT2D eigenvalue weighted by atomic mass is 35.5. The van der Waals surface area contributed by atoms with E-state index in [9.17, 15) is 14.7 Å². The number of halogens is 2. The summed E-state index contributed by atoms with van der Waals surface area (Å²) in [6, 6.07) is 12.8. The van der Waals surface area contributed by atoms with Gasteiger partial charge < -0.3 is 10.8 Å². The molecule has 0 aliphatic heterocycles. The van der Waals surface area contributed by atoms with Crippen LogP contribution in [-0.2, 0) is 17.6 Å². The largest absolute Gasteiger partial charge is 0.478 e. The molecule has 0 amide bonds. The molecule has 1 heterocycles. The van der Waals surface area contributed by atoms with Gasteiger partial charge in [0.25, 0.3) is 0 Å². The summed E-state index contributed by atoms with van der Waals surface area (Å²) < 4.78 is 0. The van der Waals surface area contributed by atoms with Gasteiger partial charge in [0.2, 0.25) is 0 Å². The zero-order chi connectivity index (χ0) is 21.8. The minimum atomic E-state index is -1.06. The molecule has 3 rings (SSSR count). The Morgan fingerprint density at radius 3 is 2.50 bits per heavy atom. The van der Waals surface area contributed by atoms with E-state index in [1.807, 2.05) is 13.0 Å². The standard InChI is InChI=1S/C23H20Cl2N2O3/c1-13-6-15(4-5-27-13)17-7-14(8-18(10-17)23(29)30)9-22(28)21(26)11-16-2-3-19(24)12-20(16)25/h2-8,10,12,21H,9,11,26H2,1H3,(H,29,30)/t21-/m0/s1. The van der Waals surface area contributed by atoms with Crippen LogP contribution in [0.25, 0.3) is 11.1 Å². The molecule has 0 aliphatic carbocycles. The van der Waals surface area contributed by atoms with Crippen molar-refractivity contribution in [2.24, 2.45) is 5.73 Å². The van der Waals surface area contributed by atoms with Gasteiger partial charge >= 0.3 is 5.97 Å². The van der Waals surface area contributed by atoms with Crippen molar-refractivity contribution in [1.82, 2.24) is 4.98 Å². The Morgan fingerprint density at radius 1 is 1.07 bits per heavy atom. The second-order valence-corrected chi connectivity index (χ2v) is 7.94. The van der Waals surface area contributed by atoms with Gasteiger partial charge in [0, 0.05) is 28.4 Å². The SMILES string of the molecule is Cc1cc(-c2cc(CC(=O)[C@@H](N)Cc3ccc(Cl)cc3Cl)cc(C(=O)O)c2)ccn1. The third kappa shape index (κ3) is 5.45. The Hall–Kier alpha value is -2.73. The molecule has 0 fully saturated rings. The second-order valence-electron chi connectivity index (χ2n) is 7.10. The number of benzene rings is 2. The number of carboxylic acids is 1. The molecule has 0 aliphatic rings. The molecule has 0 saturated carbocycles. The number of hydrogen-bond donors (Lipinski definition) is 2. The number of pyridine rings is 1. The van der Waals surface area contributed by atoms with Crippen LogP contribution in [0, 0.1) is 6.92 Å². The van der Waals surface area contributed by atoms with E-state index in [2.05, 4.69) is 4.98 Å². The Bertz CT molecular complexity index is 1120. The van der Waals surface area contributed by atoms with E-state index in [0.29, 0.717) is 21.2 Å². The normalized spacial score (nSPS) is 11.9. The summed E-state index contributed by atoms with van der Waals surface area (Å²) in [6.45, 7) is 1.86. The van der Waals surface area contributed by atoms with E-state index >= 15 is 0 Å². The average molecular weight is 443 g/mol. The molecule has 2 aromatic carbocycles. The first-order valence-electron chi connectivity index (χ1n) is 9.25. The molecule has 0 spiro atoms. The van der Waals surface area contributed by atoms with Crippen LogP contribution < -0.4 is 5.73 Å². The second kappa shape index (κ2) is 9.39. The lowest BCUT2D eigenvalue weighted by Gasteiger charge is -2.13. The van der Waals surface area contributed by atoms with Crippen molar-refractivity contribution >= 4 is 35.0 Å². The fourth-order valence-electron chi connectivity index (χ4n) is 3.18. The number of aromatic nitrogens is 1. The van der Waals surface area contributed by atoms with Crippen LogP contribution in [-0.4, -0.2) is 27.9 Å². The highest BCUT2D eigenvalue weighted by Gasteiger charge is 2.18. The monoisotopic (exact) mass is 442 g/mol. The summed E-state index contributed by atoms with van der Waals surface area (Å²) in [6.07, 6.45) is 1.95. The first-order valence-corrected chi connectivity index (χ1v) is 10.0. The van der Waals surface area contributed by atoms with Gasteiger partial charge in [-0.1, -0.05) is 35.3 Å². The molecule has 3 aromatic rings. The van der Waals surface area contributed by atoms with Crippen molar-refractivity contribution in [3.63, 3.8) is 0 Å². The van der Waals surface area contributed by atoms with Crippen molar-refractivity contribution in [1.29, 1.82) is 0 Å². The Labute approximate surface area is 184 Å². The van der Waals surface area contributed by atoms with Gasteiger partial charge in [0.05, 0.1) is 11.6 Å². The molecular weight excluding hydrogens is 423 g/mol. The number of carbonyl (C=O) groups excluding carboxylic acids is 1. The fourth-order valence-corrected chi connectivity index (χ4v) is 3.67. The number of aryl methyl sites for hydroxylation is 1. The lowest BCUT2D eigenvalue weighted by atomic mass is 9.94. The van der Waals surface area contributed by atoms with Crippen molar-refractivity contribution in [3.8, 4) is 11.1 Å².